The molecule has 0 bridgehead atoms. The van der Waals surface area contributed by atoms with E-state index in [1.165, 1.54) is 18.9 Å². The summed E-state index contributed by atoms with van der Waals surface area (Å²) >= 11 is 1.23. The van der Waals surface area contributed by atoms with Gasteiger partial charge in [-0.15, -0.1) is 11.8 Å². The first-order valence-corrected chi connectivity index (χ1v) is 5.24. The van der Waals surface area contributed by atoms with E-state index in [1.54, 1.807) is 18.2 Å². The zero-order chi connectivity index (χ0) is 11.3. The molecular weight excluding hydrogens is 218 g/mol. The van der Waals surface area contributed by atoms with Crippen LogP contribution in [0.5, 0.6) is 5.75 Å². The van der Waals surface area contributed by atoms with E-state index in [1.807, 2.05) is 0 Å². The third kappa shape index (κ3) is 2.84. The topological polar surface area (TPSA) is 72.6 Å². The van der Waals surface area contributed by atoms with Crippen LogP contribution in [0.3, 0.4) is 0 Å². The molecule has 0 aliphatic heterocycles. The molecular formula is C9H11NO4S. The average Bonchev–Trinajstić information content (AvgIpc) is 2.25. The molecule has 0 fully saturated rings. The molecule has 0 spiro atoms. The summed E-state index contributed by atoms with van der Waals surface area (Å²) in [5.41, 5.74) is -0.0431. The van der Waals surface area contributed by atoms with E-state index in [0.29, 0.717) is 10.6 Å². The number of methoxy groups -OCH3 is 1. The molecule has 0 radical (unpaired) electrons. The summed E-state index contributed by atoms with van der Waals surface area (Å²) in [7, 11) is 1.39. The minimum absolute atomic E-state index is 0.0149. The van der Waals surface area contributed by atoms with Crippen molar-refractivity contribution in [1.29, 1.82) is 0 Å². The molecule has 0 unspecified atom stereocenters. The monoisotopic (exact) mass is 229 g/mol. The van der Waals surface area contributed by atoms with Gasteiger partial charge in [0.2, 0.25) is 0 Å². The summed E-state index contributed by atoms with van der Waals surface area (Å²) < 4.78 is 4.91. The Bertz CT molecular complexity index is 356. The van der Waals surface area contributed by atoms with E-state index in [0.717, 1.165) is 0 Å². The third-order valence-electron chi connectivity index (χ3n) is 1.71. The van der Waals surface area contributed by atoms with Crippen molar-refractivity contribution in [3.05, 3.63) is 28.3 Å². The Labute approximate surface area is 91.2 Å². The Hall–Kier alpha value is -1.27. The second kappa shape index (κ2) is 5.57. The second-order valence-electron chi connectivity index (χ2n) is 2.64. The number of aliphatic hydroxyl groups is 1. The molecule has 1 aromatic carbocycles. The highest BCUT2D eigenvalue weighted by molar-refractivity contribution is 7.99. The van der Waals surface area contributed by atoms with Gasteiger partial charge in [0.05, 0.1) is 23.5 Å². The lowest BCUT2D eigenvalue weighted by atomic mass is 10.3. The zero-order valence-corrected chi connectivity index (χ0v) is 8.99. The molecule has 1 aromatic rings. The van der Waals surface area contributed by atoms with Gasteiger partial charge in [-0.1, -0.05) is 6.07 Å². The Morgan fingerprint density at radius 3 is 2.87 bits per heavy atom. The first kappa shape index (κ1) is 11.8. The van der Waals surface area contributed by atoms with E-state index >= 15 is 0 Å². The number of hydrogen-bond donors (Lipinski definition) is 1. The number of nitrogens with zero attached hydrogens (tertiary/aromatic N) is 1. The lowest BCUT2D eigenvalue weighted by Crippen LogP contribution is -1.96. The SMILES string of the molecule is COc1cccc(SCCO)c1[N+](=O)[O-]. The van der Waals surface area contributed by atoms with Crippen molar-refractivity contribution < 1.29 is 14.8 Å². The fraction of sp³-hybridized carbons (Fsp3) is 0.333. The fourth-order valence-corrected chi connectivity index (χ4v) is 1.92. The summed E-state index contributed by atoms with van der Waals surface area (Å²) in [6.07, 6.45) is 0. The number of benzene rings is 1. The van der Waals surface area contributed by atoms with Crippen molar-refractivity contribution in [3.63, 3.8) is 0 Å². The summed E-state index contributed by atoms with van der Waals surface area (Å²) in [5, 5.41) is 19.5. The van der Waals surface area contributed by atoms with Gasteiger partial charge in [-0.3, -0.25) is 10.1 Å². The van der Waals surface area contributed by atoms with Crippen LogP contribution in [0.25, 0.3) is 0 Å². The van der Waals surface area contributed by atoms with Gasteiger partial charge in [0.25, 0.3) is 0 Å². The molecule has 82 valence electrons. The maximum absolute atomic E-state index is 10.8. The third-order valence-corrected chi connectivity index (χ3v) is 2.74. The number of rotatable bonds is 5. The summed E-state index contributed by atoms with van der Waals surface area (Å²) in [6.45, 7) is -0.0149. The van der Waals surface area contributed by atoms with Crippen LogP contribution in [0, 0.1) is 10.1 Å². The molecule has 6 heteroatoms. The van der Waals surface area contributed by atoms with Gasteiger partial charge in [-0.25, -0.2) is 0 Å². The van der Waals surface area contributed by atoms with Crippen LogP contribution in [0.15, 0.2) is 23.1 Å². The molecule has 0 saturated heterocycles. The van der Waals surface area contributed by atoms with Crippen LogP contribution in [-0.4, -0.2) is 29.5 Å². The van der Waals surface area contributed by atoms with Crippen molar-refractivity contribution in [3.8, 4) is 5.75 Å². The van der Waals surface area contributed by atoms with Crippen molar-refractivity contribution >= 4 is 17.4 Å². The Kier molecular flexibility index (Phi) is 4.38. The van der Waals surface area contributed by atoms with E-state index in [9.17, 15) is 10.1 Å². The van der Waals surface area contributed by atoms with E-state index in [2.05, 4.69) is 0 Å². The number of ether oxygens (including phenoxy) is 1. The molecule has 0 aromatic heterocycles. The average molecular weight is 229 g/mol. The highest BCUT2D eigenvalue weighted by Crippen LogP contribution is 2.36. The van der Waals surface area contributed by atoms with Crippen LogP contribution in [0.4, 0.5) is 5.69 Å². The second-order valence-corrected chi connectivity index (χ2v) is 3.77. The summed E-state index contributed by atoms with van der Waals surface area (Å²) in [5.74, 6) is 0.663. The number of para-hydroxylation sites is 1. The quantitative estimate of drug-likeness (QED) is 0.472. The smallest absolute Gasteiger partial charge is 0.324 e. The Morgan fingerprint density at radius 2 is 2.33 bits per heavy atom. The van der Waals surface area contributed by atoms with Gasteiger partial charge in [-0.05, 0) is 12.1 Å². The maximum Gasteiger partial charge on any atom is 0.324 e. The normalized spacial score (nSPS) is 10.0. The Morgan fingerprint density at radius 1 is 1.60 bits per heavy atom. The summed E-state index contributed by atoms with van der Waals surface area (Å²) in [4.78, 5) is 10.8. The predicted octanol–water partition coefficient (Wildman–Crippen LogP) is 1.69. The zero-order valence-electron chi connectivity index (χ0n) is 8.17. The van der Waals surface area contributed by atoms with Crippen molar-refractivity contribution in [1.82, 2.24) is 0 Å². The van der Waals surface area contributed by atoms with Gasteiger partial charge in [-0.2, -0.15) is 0 Å². The van der Waals surface area contributed by atoms with Crippen molar-refractivity contribution in [2.45, 2.75) is 4.90 Å². The maximum atomic E-state index is 10.8. The predicted molar refractivity (Wildman–Crippen MR) is 57.5 cm³/mol. The number of nitro groups is 1. The van der Waals surface area contributed by atoms with Gasteiger partial charge in [0.15, 0.2) is 5.75 Å². The molecule has 0 atom stereocenters. The molecule has 5 nitrogen and oxygen atoms in total. The van der Waals surface area contributed by atoms with Gasteiger partial charge < -0.3 is 9.84 Å². The number of aliphatic hydroxyl groups excluding tert-OH is 1. The van der Waals surface area contributed by atoms with Gasteiger partial charge in [0.1, 0.15) is 0 Å². The Balaban J connectivity index is 3.07. The van der Waals surface area contributed by atoms with Crippen LogP contribution >= 0.6 is 11.8 Å². The van der Waals surface area contributed by atoms with Crippen LogP contribution in [-0.2, 0) is 0 Å². The molecule has 0 heterocycles. The molecule has 1 N–H and O–H groups in total. The molecule has 1 rings (SSSR count). The van der Waals surface area contributed by atoms with Gasteiger partial charge in [0, 0.05) is 5.75 Å². The standard InChI is InChI=1S/C9H11NO4S/c1-14-7-3-2-4-8(15-6-5-11)9(7)10(12)13/h2-4,11H,5-6H2,1H3. The number of nitro benzene ring substituents is 1. The fourth-order valence-electron chi connectivity index (χ4n) is 1.12. The molecule has 0 aliphatic rings. The van der Waals surface area contributed by atoms with Crippen molar-refractivity contribution in [2.75, 3.05) is 19.5 Å². The number of hydrogen-bond acceptors (Lipinski definition) is 5. The molecule has 0 amide bonds. The highest BCUT2D eigenvalue weighted by Gasteiger charge is 2.20. The van der Waals surface area contributed by atoms with Crippen molar-refractivity contribution in [2.24, 2.45) is 0 Å². The first-order valence-electron chi connectivity index (χ1n) is 4.25. The van der Waals surface area contributed by atoms with Gasteiger partial charge >= 0.3 is 5.69 Å². The highest BCUT2D eigenvalue weighted by atomic mass is 32.2. The molecule has 0 saturated carbocycles. The largest absolute Gasteiger partial charge is 0.490 e. The molecule has 15 heavy (non-hydrogen) atoms. The lowest BCUT2D eigenvalue weighted by Gasteiger charge is -2.05. The minimum Gasteiger partial charge on any atom is -0.490 e. The van der Waals surface area contributed by atoms with E-state index in [4.69, 9.17) is 9.84 Å². The van der Waals surface area contributed by atoms with Crippen LogP contribution < -0.4 is 4.74 Å². The number of thioether (sulfide) groups is 1. The van der Waals surface area contributed by atoms with E-state index < -0.39 is 4.92 Å². The van der Waals surface area contributed by atoms with Crippen LogP contribution in [0.2, 0.25) is 0 Å². The molecule has 0 aliphatic carbocycles. The lowest BCUT2D eigenvalue weighted by molar-refractivity contribution is -0.388. The first-order chi connectivity index (χ1) is 7.20. The summed E-state index contributed by atoms with van der Waals surface area (Å²) in [6, 6.07) is 4.87. The minimum atomic E-state index is -0.474. The van der Waals surface area contributed by atoms with Crippen LogP contribution in [0.1, 0.15) is 0 Å². The van der Waals surface area contributed by atoms with E-state index in [-0.39, 0.29) is 18.0 Å².